The molecule has 6 heteroatoms. The van der Waals surface area contributed by atoms with Crippen LogP contribution in [-0.2, 0) is 19.0 Å². The van der Waals surface area contributed by atoms with Crippen molar-refractivity contribution in [1.82, 2.24) is 4.90 Å². The molecule has 6 nitrogen and oxygen atoms in total. The van der Waals surface area contributed by atoms with E-state index in [1.165, 1.54) is 11.0 Å². The van der Waals surface area contributed by atoms with E-state index in [2.05, 4.69) is 6.58 Å². The monoisotopic (exact) mass is 325 g/mol. The van der Waals surface area contributed by atoms with E-state index in [1.807, 2.05) is 0 Å². The van der Waals surface area contributed by atoms with Crippen LogP contribution in [0.5, 0.6) is 0 Å². The van der Waals surface area contributed by atoms with Gasteiger partial charge in [0.15, 0.2) is 0 Å². The van der Waals surface area contributed by atoms with E-state index in [0.717, 1.165) is 0 Å². The van der Waals surface area contributed by atoms with Crippen LogP contribution in [0.15, 0.2) is 24.3 Å². The molecule has 0 spiro atoms. The number of ether oxygens (including phenoxy) is 3. The number of rotatable bonds is 4. The van der Waals surface area contributed by atoms with E-state index in [-0.39, 0.29) is 6.61 Å². The Morgan fingerprint density at radius 2 is 1.96 bits per heavy atom. The Hall–Kier alpha value is -1.82. The molecule has 1 amide bonds. The summed E-state index contributed by atoms with van der Waals surface area (Å²) in [6.45, 7) is 15.3. The van der Waals surface area contributed by atoms with Gasteiger partial charge in [0.1, 0.15) is 11.3 Å². The van der Waals surface area contributed by atoms with Crippen LogP contribution in [0.2, 0.25) is 0 Å². The minimum absolute atomic E-state index is 0.290. The van der Waals surface area contributed by atoms with Crippen molar-refractivity contribution < 1.29 is 23.8 Å². The predicted octanol–water partition coefficient (Wildman–Crippen LogP) is 3.03. The van der Waals surface area contributed by atoms with Gasteiger partial charge in [0, 0.05) is 6.08 Å². The first-order valence-corrected chi connectivity index (χ1v) is 7.68. The van der Waals surface area contributed by atoms with Crippen LogP contribution in [0.3, 0.4) is 0 Å². The van der Waals surface area contributed by atoms with Crippen LogP contribution in [0, 0.1) is 0 Å². The van der Waals surface area contributed by atoms with E-state index in [0.29, 0.717) is 12.2 Å². The molecule has 23 heavy (non-hydrogen) atoms. The molecule has 0 aromatic rings. The van der Waals surface area contributed by atoms with E-state index in [1.54, 1.807) is 47.6 Å². The Balaban J connectivity index is 2.90. The van der Waals surface area contributed by atoms with Crippen molar-refractivity contribution in [2.45, 2.75) is 58.9 Å². The molecule has 130 valence electrons. The molecule has 1 aliphatic heterocycles. The topological polar surface area (TPSA) is 65.1 Å². The normalized spacial score (nSPS) is 20.6. The van der Waals surface area contributed by atoms with Gasteiger partial charge in [-0.25, -0.2) is 9.59 Å². The molecule has 1 atom stereocenters. The molecular formula is C17H27NO5. The fraction of sp³-hybridized carbons (Fsp3) is 0.647. The summed E-state index contributed by atoms with van der Waals surface area (Å²) >= 11 is 0. The first-order chi connectivity index (χ1) is 10.5. The van der Waals surface area contributed by atoms with Crippen molar-refractivity contribution in [3.8, 4) is 0 Å². The van der Waals surface area contributed by atoms with Crippen LogP contribution < -0.4 is 0 Å². The fourth-order valence-corrected chi connectivity index (χ4v) is 2.21. The van der Waals surface area contributed by atoms with Crippen molar-refractivity contribution in [3.63, 3.8) is 0 Å². The number of hydrogen-bond acceptors (Lipinski definition) is 5. The number of carbonyl (C=O) groups excluding carboxylic acids is 2. The second-order valence-corrected chi connectivity index (χ2v) is 6.78. The lowest BCUT2D eigenvalue weighted by atomic mass is 10.1. The minimum atomic E-state index is -0.812. The highest BCUT2D eigenvalue weighted by Crippen LogP contribution is 2.32. The Morgan fingerprint density at radius 3 is 2.48 bits per heavy atom. The molecule has 0 aromatic carbocycles. The second kappa shape index (κ2) is 7.17. The van der Waals surface area contributed by atoms with Crippen molar-refractivity contribution in [2.24, 2.45) is 0 Å². The molecule has 0 aliphatic carbocycles. The van der Waals surface area contributed by atoms with Gasteiger partial charge < -0.3 is 14.2 Å². The highest BCUT2D eigenvalue weighted by atomic mass is 16.6. The Bertz CT molecular complexity index is 502. The number of esters is 1. The molecule has 0 aromatic heterocycles. The maximum atomic E-state index is 12.5. The molecule has 0 radical (unpaired) electrons. The van der Waals surface area contributed by atoms with E-state index in [9.17, 15) is 9.59 Å². The van der Waals surface area contributed by atoms with E-state index >= 15 is 0 Å². The van der Waals surface area contributed by atoms with Crippen molar-refractivity contribution in [3.05, 3.63) is 24.3 Å². The lowest BCUT2D eigenvalue weighted by Gasteiger charge is -2.35. The van der Waals surface area contributed by atoms with Crippen LogP contribution in [0.4, 0.5) is 4.79 Å². The summed E-state index contributed by atoms with van der Waals surface area (Å²) in [5.41, 5.74) is -0.842. The van der Waals surface area contributed by atoms with Gasteiger partial charge in [-0.2, -0.15) is 0 Å². The van der Waals surface area contributed by atoms with Gasteiger partial charge in [0.05, 0.1) is 19.3 Å². The fourth-order valence-electron chi connectivity index (χ4n) is 2.21. The second-order valence-electron chi connectivity index (χ2n) is 6.78. The summed E-state index contributed by atoms with van der Waals surface area (Å²) in [5, 5.41) is 0. The van der Waals surface area contributed by atoms with E-state index in [4.69, 9.17) is 14.2 Å². The summed E-state index contributed by atoms with van der Waals surface area (Å²) in [6.07, 6.45) is 2.37. The van der Waals surface area contributed by atoms with E-state index < -0.39 is 29.4 Å². The molecule has 1 heterocycles. The molecule has 0 saturated carbocycles. The largest absolute Gasteiger partial charge is 0.463 e. The summed E-state index contributed by atoms with van der Waals surface area (Å²) in [4.78, 5) is 25.4. The zero-order valence-electron chi connectivity index (χ0n) is 14.8. The molecule has 1 fully saturated rings. The number of carbonyl (C=O) groups is 2. The maximum Gasteiger partial charge on any atom is 0.413 e. The van der Waals surface area contributed by atoms with Crippen LogP contribution in [0.1, 0.15) is 41.5 Å². The van der Waals surface area contributed by atoms with Gasteiger partial charge >= 0.3 is 12.1 Å². The third kappa shape index (κ3) is 5.39. The highest BCUT2D eigenvalue weighted by Gasteiger charge is 2.46. The highest BCUT2D eigenvalue weighted by molar-refractivity contribution is 5.82. The van der Waals surface area contributed by atoms with Crippen molar-refractivity contribution in [2.75, 3.05) is 13.2 Å². The van der Waals surface area contributed by atoms with Gasteiger partial charge in [0.25, 0.3) is 0 Å². The number of nitrogens with zero attached hydrogens (tertiary/aromatic N) is 1. The zero-order chi connectivity index (χ0) is 17.8. The molecule has 0 unspecified atom stereocenters. The summed E-state index contributed by atoms with van der Waals surface area (Å²) < 4.78 is 16.0. The van der Waals surface area contributed by atoms with Crippen molar-refractivity contribution >= 4 is 12.1 Å². The Labute approximate surface area is 138 Å². The minimum Gasteiger partial charge on any atom is -0.463 e. The third-order valence-corrected chi connectivity index (χ3v) is 3.22. The summed E-state index contributed by atoms with van der Waals surface area (Å²) in [6, 6.07) is -0.398. The molecule has 0 bridgehead atoms. The van der Waals surface area contributed by atoms with Gasteiger partial charge in [0.2, 0.25) is 0 Å². The van der Waals surface area contributed by atoms with Gasteiger partial charge in [-0.15, -0.1) is 0 Å². The van der Waals surface area contributed by atoms with Crippen LogP contribution in [-0.4, -0.2) is 47.5 Å². The average molecular weight is 325 g/mol. The first kappa shape index (κ1) is 19.2. The Morgan fingerprint density at radius 1 is 1.35 bits per heavy atom. The zero-order valence-corrected chi connectivity index (χ0v) is 14.8. The van der Waals surface area contributed by atoms with Gasteiger partial charge in [-0.05, 0) is 47.1 Å². The SMILES string of the molecule is C=C(/C=C\C(=O)OCC)[C@@H]1COC(C)(C)N1C(=O)OC(C)(C)C. The lowest BCUT2D eigenvalue weighted by molar-refractivity contribution is -0.137. The molecule has 1 saturated heterocycles. The van der Waals surface area contributed by atoms with Crippen molar-refractivity contribution in [1.29, 1.82) is 0 Å². The standard InChI is InChI=1S/C17H27NO5/c1-8-21-14(19)10-9-12(2)13-11-22-17(6,7)18(13)15(20)23-16(3,4)5/h9-10,13H,2,8,11H2,1,3-7H3/b10-9-/t13-/m0/s1. The summed E-state index contributed by atoms with van der Waals surface area (Å²) in [5.74, 6) is -0.448. The lowest BCUT2D eigenvalue weighted by Crippen LogP contribution is -2.50. The van der Waals surface area contributed by atoms with Gasteiger partial charge in [-0.1, -0.05) is 12.7 Å². The number of hydrogen-bond donors (Lipinski definition) is 0. The first-order valence-electron chi connectivity index (χ1n) is 7.68. The molecule has 1 rings (SSSR count). The van der Waals surface area contributed by atoms with Crippen LogP contribution >= 0.6 is 0 Å². The quantitative estimate of drug-likeness (QED) is 0.451. The summed E-state index contributed by atoms with van der Waals surface area (Å²) in [7, 11) is 0. The van der Waals surface area contributed by atoms with Crippen LogP contribution in [0.25, 0.3) is 0 Å². The maximum absolute atomic E-state index is 12.5. The molecule has 0 N–H and O–H groups in total. The Kier molecular flexibility index (Phi) is 5.99. The molecule has 1 aliphatic rings. The predicted molar refractivity (Wildman–Crippen MR) is 86.8 cm³/mol. The average Bonchev–Trinajstić information content (AvgIpc) is 2.70. The smallest absolute Gasteiger partial charge is 0.413 e. The number of amides is 1. The molecular weight excluding hydrogens is 298 g/mol. The third-order valence-electron chi connectivity index (χ3n) is 3.22. The van der Waals surface area contributed by atoms with Gasteiger partial charge in [-0.3, -0.25) is 4.90 Å².